The first-order valence-corrected chi connectivity index (χ1v) is 22.8. The molecular weight excluding hydrogens is 773 g/mol. The fourth-order valence-electron chi connectivity index (χ4n) is 13.2. The van der Waals surface area contributed by atoms with Gasteiger partial charge in [-0.05, 0) is 144 Å². The van der Waals surface area contributed by atoms with Crippen LogP contribution in [0.1, 0.15) is 52.7 Å². The van der Waals surface area contributed by atoms with Gasteiger partial charge in [-0.1, -0.05) is 199 Å². The van der Waals surface area contributed by atoms with Crippen molar-refractivity contribution in [2.45, 2.75) is 47.0 Å². The van der Waals surface area contributed by atoms with E-state index in [-0.39, 0.29) is 16.2 Å². The van der Waals surface area contributed by atoms with E-state index in [9.17, 15) is 0 Å². The summed E-state index contributed by atoms with van der Waals surface area (Å²) >= 11 is 0. The highest BCUT2D eigenvalue weighted by atomic mass is 16.3. The Kier molecular flexibility index (Phi) is 7.54. The first kappa shape index (κ1) is 37.3. The van der Waals surface area contributed by atoms with Crippen LogP contribution in [0.5, 0.6) is 0 Å². The quantitative estimate of drug-likeness (QED) is 0.125. The first-order chi connectivity index (χ1) is 31.1. The summed E-state index contributed by atoms with van der Waals surface area (Å²) < 4.78 is 6.51. The monoisotopic (exact) mass is 820 g/mol. The van der Waals surface area contributed by atoms with Crippen molar-refractivity contribution in [1.29, 1.82) is 0 Å². The summed E-state index contributed by atoms with van der Waals surface area (Å²) in [5, 5.41) is 17.7. The van der Waals surface area contributed by atoms with Crippen molar-refractivity contribution in [3.05, 3.63) is 193 Å². The van der Waals surface area contributed by atoms with Crippen molar-refractivity contribution in [3.63, 3.8) is 0 Å². The summed E-state index contributed by atoms with van der Waals surface area (Å²) in [6.07, 6.45) is 0. The van der Waals surface area contributed by atoms with E-state index in [0.717, 1.165) is 16.6 Å². The Bertz CT molecular complexity index is 3900. The molecule has 12 aromatic rings. The lowest BCUT2D eigenvalue weighted by Gasteiger charge is -2.54. The number of fused-ring (bicyclic) bond motifs is 17. The molecule has 64 heavy (non-hydrogen) atoms. The average Bonchev–Trinajstić information content (AvgIpc) is 3.86. The Hall–Kier alpha value is -7.22. The number of hydrogen-bond donors (Lipinski definition) is 0. The summed E-state index contributed by atoms with van der Waals surface area (Å²) in [6, 6.07) is 68.3. The molecule has 0 bridgehead atoms. The third-order valence-electron chi connectivity index (χ3n) is 15.1. The van der Waals surface area contributed by atoms with Gasteiger partial charge in [0, 0.05) is 16.2 Å². The number of furan rings is 1. The Morgan fingerprint density at radius 3 is 1.38 bits per heavy atom. The number of benzene rings is 11. The standard InChI is InChI=1S/C63H48O/c1-61(2,3)63(62(4,5)6)59-48-29-17-11-23-42(48)50(36-52(59)58-43-24-12-9-21-40(43)41-22-10-18-30-49(41)60(58)63)56-46-27-15-13-25-44(46)55(45-26-14-16-28-47(45)56)38-32-33-53-51(35-38)57-39-20-8-7-19-37(39)31-34-54(57)64-53/h7-36H,1-6H3. The lowest BCUT2D eigenvalue weighted by molar-refractivity contribution is 0.0977. The van der Waals surface area contributed by atoms with Crippen LogP contribution < -0.4 is 0 Å². The average molecular weight is 821 g/mol. The zero-order chi connectivity index (χ0) is 43.3. The second kappa shape index (κ2) is 12.9. The zero-order valence-corrected chi connectivity index (χ0v) is 37.2. The van der Waals surface area contributed by atoms with Gasteiger partial charge in [0.2, 0.25) is 0 Å². The minimum atomic E-state index is -0.332. The number of hydrogen-bond acceptors (Lipinski definition) is 1. The van der Waals surface area contributed by atoms with E-state index in [1.54, 1.807) is 0 Å². The van der Waals surface area contributed by atoms with E-state index in [4.69, 9.17) is 4.42 Å². The summed E-state index contributed by atoms with van der Waals surface area (Å²) in [4.78, 5) is 0. The molecule has 0 saturated heterocycles. The van der Waals surface area contributed by atoms with E-state index in [1.165, 1.54) is 115 Å². The van der Waals surface area contributed by atoms with Gasteiger partial charge in [0.25, 0.3) is 0 Å². The Morgan fingerprint density at radius 1 is 0.328 bits per heavy atom. The minimum Gasteiger partial charge on any atom is -0.456 e. The van der Waals surface area contributed by atoms with Crippen LogP contribution in [0.25, 0.3) is 120 Å². The molecule has 0 atom stereocenters. The van der Waals surface area contributed by atoms with E-state index < -0.39 is 0 Å². The maximum Gasteiger partial charge on any atom is 0.136 e. The van der Waals surface area contributed by atoms with Gasteiger partial charge in [-0.25, -0.2) is 0 Å². The van der Waals surface area contributed by atoms with E-state index in [2.05, 4.69) is 224 Å². The molecular formula is C63H48O. The Morgan fingerprint density at radius 2 is 0.781 bits per heavy atom. The summed E-state index contributed by atoms with van der Waals surface area (Å²) in [5.74, 6) is 0. The third kappa shape index (κ3) is 4.74. The zero-order valence-electron chi connectivity index (χ0n) is 37.2. The lowest BCUT2D eigenvalue weighted by atomic mass is 9.49. The van der Waals surface area contributed by atoms with Crippen LogP contribution in [0.15, 0.2) is 186 Å². The van der Waals surface area contributed by atoms with Crippen molar-refractivity contribution >= 4 is 86.6 Å². The fourth-order valence-corrected chi connectivity index (χ4v) is 13.2. The predicted molar refractivity (Wildman–Crippen MR) is 275 cm³/mol. The molecule has 306 valence electrons. The SMILES string of the molecule is CC(C)(C)C1(C(C)(C)C)c2c(cc(-c3c4ccccc4c(-c4ccc5oc6ccc7ccccc7c6c5c4)c4ccccc34)c3ccccc23)-c2c1c1ccccc1c1ccccc21. The molecule has 0 amide bonds. The molecule has 0 fully saturated rings. The molecule has 1 aliphatic carbocycles. The van der Waals surface area contributed by atoms with Gasteiger partial charge in [-0.3, -0.25) is 0 Å². The smallest absolute Gasteiger partial charge is 0.136 e. The highest BCUT2D eigenvalue weighted by Gasteiger charge is 2.59. The Labute approximate surface area is 373 Å². The summed E-state index contributed by atoms with van der Waals surface area (Å²) in [5.41, 5.74) is 11.9. The molecule has 1 nitrogen and oxygen atoms in total. The van der Waals surface area contributed by atoms with Crippen molar-refractivity contribution in [1.82, 2.24) is 0 Å². The lowest BCUT2D eigenvalue weighted by Crippen LogP contribution is -2.50. The second-order valence-corrected chi connectivity index (χ2v) is 20.3. The van der Waals surface area contributed by atoms with E-state index in [0.29, 0.717) is 0 Å². The van der Waals surface area contributed by atoms with Crippen molar-refractivity contribution in [3.8, 4) is 33.4 Å². The van der Waals surface area contributed by atoms with Crippen LogP contribution in [-0.4, -0.2) is 0 Å². The molecule has 0 unspecified atom stereocenters. The highest BCUT2D eigenvalue weighted by Crippen LogP contribution is 2.69. The molecule has 0 radical (unpaired) electrons. The van der Waals surface area contributed by atoms with Crippen LogP contribution >= 0.6 is 0 Å². The highest BCUT2D eigenvalue weighted by molar-refractivity contribution is 6.27. The maximum absolute atomic E-state index is 6.51. The molecule has 13 rings (SSSR count). The van der Waals surface area contributed by atoms with Gasteiger partial charge < -0.3 is 4.42 Å². The van der Waals surface area contributed by atoms with Crippen LogP contribution in [0.3, 0.4) is 0 Å². The molecule has 0 N–H and O–H groups in total. The summed E-state index contributed by atoms with van der Waals surface area (Å²) in [6.45, 7) is 14.9. The third-order valence-corrected chi connectivity index (χ3v) is 15.1. The van der Waals surface area contributed by atoms with Gasteiger partial charge in [-0.15, -0.1) is 0 Å². The maximum atomic E-state index is 6.51. The van der Waals surface area contributed by atoms with Crippen LogP contribution in [0.4, 0.5) is 0 Å². The topological polar surface area (TPSA) is 13.1 Å². The van der Waals surface area contributed by atoms with Gasteiger partial charge in [0.1, 0.15) is 11.2 Å². The normalized spacial score (nSPS) is 13.9. The van der Waals surface area contributed by atoms with Crippen LogP contribution in [-0.2, 0) is 5.41 Å². The molecule has 1 aromatic heterocycles. The molecule has 11 aromatic carbocycles. The Balaban J connectivity index is 1.18. The van der Waals surface area contributed by atoms with Gasteiger partial charge in [0.15, 0.2) is 0 Å². The fraction of sp³-hybridized carbons (Fsp3) is 0.143. The van der Waals surface area contributed by atoms with Gasteiger partial charge >= 0.3 is 0 Å². The minimum absolute atomic E-state index is 0.143. The van der Waals surface area contributed by atoms with Crippen LogP contribution in [0.2, 0.25) is 0 Å². The molecule has 1 aliphatic rings. The van der Waals surface area contributed by atoms with E-state index in [1.807, 2.05) is 0 Å². The molecule has 0 aliphatic heterocycles. The largest absolute Gasteiger partial charge is 0.456 e. The molecule has 0 saturated carbocycles. The molecule has 1 heterocycles. The number of rotatable bonds is 2. The predicted octanol–water partition coefficient (Wildman–Crippen LogP) is 18.2. The van der Waals surface area contributed by atoms with Crippen molar-refractivity contribution in [2.75, 3.05) is 0 Å². The van der Waals surface area contributed by atoms with Crippen LogP contribution in [0, 0.1) is 10.8 Å². The second-order valence-electron chi connectivity index (χ2n) is 20.3. The molecule has 1 heteroatoms. The van der Waals surface area contributed by atoms with Crippen molar-refractivity contribution < 1.29 is 4.42 Å². The molecule has 0 spiro atoms. The van der Waals surface area contributed by atoms with Crippen molar-refractivity contribution in [2.24, 2.45) is 10.8 Å². The first-order valence-electron chi connectivity index (χ1n) is 22.8. The van der Waals surface area contributed by atoms with Gasteiger partial charge in [0.05, 0.1) is 0 Å². The summed E-state index contributed by atoms with van der Waals surface area (Å²) in [7, 11) is 0. The van der Waals surface area contributed by atoms with E-state index >= 15 is 0 Å². The van der Waals surface area contributed by atoms with Gasteiger partial charge in [-0.2, -0.15) is 0 Å².